The molecule has 0 aliphatic carbocycles. The molecule has 134 valence electrons. The van der Waals surface area contributed by atoms with Crippen LogP contribution in [-0.4, -0.2) is 52.6 Å². The molecule has 1 aromatic carbocycles. The number of hydrogen-bond acceptors (Lipinski definition) is 5. The summed E-state index contributed by atoms with van der Waals surface area (Å²) in [6, 6.07) is 9.04. The molecule has 2 N–H and O–H groups in total. The first-order valence-corrected chi connectivity index (χ1v) is 8.28. The number of aromatic nitrogens is 2. The number of nitrogens with zero attached hydrogens (tertiary/aromatic N) is 2. The predicted octanol–water partition coefficient (Wildman–Crippen LogP) is 1.37. The minimum Gasteiger partial charge on any atom is -0.389 e. The number of hydrogen-bond donors (Lipinski definition) is 2. The summed E-state index contributed by atoms with van der Waals surface area (Å²) in [4.78, 5) is 12.8. The van der Waals surface area contributed by atoms with Crippen LogP contribution in [0.3, 0.4) is 0 Å². The van der Waals surface area contributed by atoms with Crippen LogP contribution in [0.25, 0.3) is 0 Å². The van der Waals surface area contributed by atoms with Crippen molar-refractivity contribution in [1.82, 2.24) is 15.1 Å². The fourth-order valence-corrected chi connectivity index (χ4v) is 2.45. The smallest absolute Gasteiger partial charge is 0.191 e. The van der Waals surface area contributed by atoms with Crippen molar-refractivity contribution in [1.29, 1.82) is 0 Å². The van der Waals surface area contributed by atoms with E-state index in [0.717, 1.165) is 5.56 Å². The van der Waals surface area contributed by atoms with Crippen molar-refractivity contribution in [2.45, 2.75) is 18.6 Å². The Labute approximate surface area is 148 Å². The lowest BCUT2D eigenvalue weighted by molar-refractivity contribution is -0.00143. The SMILES string of the molecule is C=CCNCC(O)COC(Cc1cnn(C)c1)C(=O)c1ccccc1. The summed E-state index contributed by atoms with van der Waals surface area (Å²) in [5, 5.41) is 17.2. The number of nitrogens with one attached hydrogen (secondary N) is 1. The van der Waals surface area contributed by atoms with Crippen LogP contribution in [0.1, 0.15) is 15.9 Å². The molecule has 0 saturated carbocycles. The minimum atomic E-state index is -0.695. The number of aryl methyl sites for hydroxylation is 1. The van der Waals surface area contributed by atoms with Gasteiger partial charge in [0.15, 0.2) is 5.78 Å². The lowest BCUT2D eigenvalue weighted by Gasteiger charge is -2.19. The van der Waals surface area contributed by atoms with E-state index in [2.05, 4.69) is 17.0 Å². The molecule has 0 saturated heterocycles. The van der Waals surface area contributed by atoms with Gasteiger partial charge in [0.05, 0.1) is 18.9 Å². The van der Waals surface area contributed by atoms with Gasteiger partial charge in [0.1, 0.15) is 6.10 Å². The summed E-state index contributed by atoms with van der Waals surface area (Å²) in [5.41, 5.74) is 1.51. The molecule has 0 spiro atoms. The lowest BCUT2D eigenvalue weighted by Crippen LogP contribution is -2.35. The number of rotatable bonds is 11. The Hall–Kier alpha value is -2.28. The highest BCUT2D eigenvalue weighted by Gasteiger charge is 2.23. The average Bonchev–Trinajstić information content (AvgIpc) is 3.04. The van der Waals surface area contributed by atoms with Crippen LogP contribution in [0.15, 0.2) is 55.4 Å². The highest BCUT2D eigenvalue weighted by Crippen LogP contribution is 2.12. The standard InChI is InChI=1S/C19H25N3O3/c1-3-9-20-12-17(23)14-25-18(10-15-11-21-22(2)13-15)19(24)16-7-5-4-6-8-16/h3-8,11,13,17-18,20,23H,1,9-10,12,14H2,2H3. The molecule has 0 fully saturated rings. The third-order valence-electron chi connectivity index (χ3n) is 3.69. The van der Waals surface area contributed by atoms with Gasteiger partial charge in [-0.1, -0.05) is 36.4 Å². The minimum absolute atomic E-state index is 0.0770. The zero-order chi connectivity index (χ0) is 18.1. The van der Waals surface area contributed by atoms with E-state index in [9.17, 15) is 9.90 Å². The molecule has 25 heavy (non-hydrogen) atoms. The highest BCUT2D eigenvalue weighted by molar-refractivity contribution is 5.99. The molecule has 2 rings (SSSR count). The Bertz CT molecular complexity index is 670. The van der Waals surface area contributed by atoms with Crippen molar-refractivity contribution in [3.8, 4) is 0 Å². The zero-order valence-corrected chi connectivity index (χ0v) is 14.5. The first-order chi connectivity index (χ1) is 12.1. The summed E-state index contributed by atoms with van der Waals surface area (Å²) in [6.45, 7) is 4.68. The molecule has 6 heteroatoms. The average molecular weight is 343 g/mol. The third kappa shape index (κ3) is 6.26. The molecular formula is C19H25N3O3. The van der Waals surface area contributed by atoms with E-state index < -0.39 is 12.2 Å². The number of aliphatic hydroxyl groups excluding tert-OH is 1. The van der Waals surface area contributed by atoms with E-state index >= 15 is 0 Å². The molecule has 0 radical (unpaired) electrons. The monoisotopic (exact) mass is 343 g/mol. The van der Waals surface area contributed by atoms with Gasteiger partial charge in [-0.15, -0.1) is 6.58 Å². The summed E-state index contributed by atoms with van der Waals surface area (Å²) in [7, 11) is 1.83. The Morgan fingerprint density at radius 3 is 2.84 bits per heavy atom. The number of Topliss-reactive ketones (excluding diaryl/α,β-unsaturated/α-hetero) is 1. The zero-order valence-electron chi connectivity index (χ0n) is 14.5. The molecular weight excluding hydrogens is 318 g/mol. The molecule has 0 bridgehead atoms. The Kier molecular flexibility index (Phi) is 7.53. The van der Waals surface area contributed by atoms with Gasteiger partial charge in [0, 0.05) is 38.3 Å². The number of aliphatic hydroxyl groups is 1. The topological polar surface area (TPSA) is 76.4 Å². The number of ether oxygens (including phenoxy) is 1. The fourth-order valence-electron chi connectivity index (χ4n) is 2.45. The molecule has 0 amide bonds. The van der Waals surface area contributed by atoms with Gasteiger partial charge in [-0.2, -0.15) is 5.10 Å². The van der Waals surface area contributed by atoms with Crippen molar-refractivity contribution < 1.29 is 14.6 Å². The van der Waals surface area contributed by atoms with Gasteiger partial charge in [0.2, 0.25) is 0 Å². The first kappa shape index (κ1) is 19.1. The van der Waals surface area contributed by atoms with E-state index in [1.165, 1.54) is 0 Å². The summed E-state index contributed by atoms with van der Waals surface area (Å²) in [6.07, 6.45) is 4.35. The van der Waals surface area contributed by atoms with Crippen molar-refractivity contribution in [2.75, 3.05) is 19.7 Å². The Morgan fingerprint density at radius 1 is 1.44 bits per heavy atom. The van der Waals surface area contributed by atoms with Crippen molar-refractivity contribution in [3.05, 3.63) is 66.5 Å². The van der Waals surface area contributed by atoms with Crippen LogP contribution in [0.2, 0.25) is 0 Å². The molecule has 1 heterocycles. The van der Waals surface area contributed by atoms with Gasteiger partial charge >= 0.3 is 0 Å². The summed E-state index contributed by atoms with van der Waals surface area (Å²) >= 11 is 0. The van der Waals surface area contributed by atoms with Gasteiger partial charge < -0.3 is 15.2 Å². The number of ketones is 1. The highest BCUT2D eigenvalue weighted by atomic mass is 16.5. The molecule has 0 aliphatic heterocycles. The first-order valence-electron chi connectivity index (χ1n) is 8.28. The molecule has 1 aromatic heterocycles. The second-order valence-electron chi connectivity index (χ2n) is 5.88. The second-order valence-corrected chi connectivity index (χ2v) is 5.88. The summed E-state index contributed by atoms with van der Waals surface area (Å²) in [5.74, 6) is -0.101. The number of benzene rings is 1. The van der Waals surface area contributed by atoms with Crippen molar-refractivity contribution >= 4 is 5.78 Å². The molecule has 2 atom stereocenters. The maximum atomic E-state index is 12.8. The van der Waals surface area contributed by atoms with E-state index in [0.29, 0.717) is 25.1 Å². The summed E-state index contributed by atoms with van der Waals surface area (Å²) < 4.78 is 7.45. The maximum absolute atomic E-state index is 12.8. The van der Waals surface area contributed by atoms with Gasteiger partial charge in [-0.25, -0.2) is 0 Å². The maximum Gasteiger partial charge on any atom is 0.191 e. The van der Waals surface area contributed by atoms with Crippen LogP contribution in [-0.2, 0) is 18.2 Å². The quantitative estimate of drug-likeness (QED) is 0.366. The molecule has 2 unspecified atom stereocenters. The van der Waals surface area contributed by atoms with Crippen molar-refractivity contribution in [3.63, 3.8) is 0 Å². The Morgan fingerprint density at radius 2 is 2.20 bits per heavy atom. The fraction of sp³-hybridized carbons (Fsp3) is 0.368. The van der Waals surface area contributed by atoms with Gasteiger partial charge in [0.25, 0.3) is 0 Å². The van der Waals surface area contributed by atoms with E-state index in [1.54, 1.807) is 29.1 Å². The van der Waals surface area contributed by atoms with Crippen LogP contribution in [0.4, 0.5) is 0 Å². The van der Waals surface area contributed by atoms with Crippen LogP contribution >= 0.6 is 0 Å². The van der Waals surface area contributed by atoms with Crippen LogP contribution < -0.4 is 5.32 Å². The molecule has 2 aromatic rings. The predicted molar refractivity (Wildman–Crippen MR) is 96.5 cm³/mol. The van der Waals surface area contributed by atoms with Crippen molar-refractivity contribution in [2.24, 2.45) is 7.05 Å². The van der Waals surface area contributed by atoms with E-state index in [-0.39, 0.29) is 12.4 Å². The second kappa shape index (κ2) is 9.88. The van der Waals surface area contributed by atoms with Crippen LogP contribution in [0.5, 0.6) is 0 Å². The van der Waals surface area contributed by atoms with Crippen LogP contribution in [0, 0.1) is 0 Å². The normalized spacial score (nSPS) is 13.4. The number of carbonyl (C=O) groups excluding carboxylic acids is 1. The van der Waals surface area contributed by atoms with Gasteiger partial charge in [-0.3, -0.25) is 9.48 Å². The van der Waals surface area contributed by atoms with Gasteiger partial charge in [-0.05, 0) is 5.56 Å². The number of carbonyl (C=O) groups is 1. The van der Waals surface area contributed by atoms with E-state index in [1.807, 2.05) is 31.4 Å². The lowest BCUT2D eigenvalue weighted by atomic mass is 10.0. The third-order valence-corrected chi connectivity index (χ3v) is 3.69. The Balaban J connectivity index is 2.01. The molecule has 0 aliphatic rings. The largest absolute Gasteiger partial charge is 0.389 e. The van der Waals surface area contributed by atoms with E-state index in [4.69, 9.17) is 4.74 Å². The molecule has 6 nitrogen and oxygen atoms in total.